The molecule has 1 N–H and O–H groups in total. The van der Waals surface area contributed by atoms with Crippen molar-refractivity contribution in [1.29, 1.82) is 0 Å². The fourth-order valence-electron chi connectivity index (χ4n) is 2.05. The lowest BCUT2D eigenvalue weighted by Gasteiger charge is -1.99. The zero-order chi connectivity index (χ0) is 14.4. The summed E-state index contributed by atoms with van der Waals surface area (Å²) in [5.41, 5.74) is 1.69. The highest BCUT2D eigenvalue weighted by molar-refractivity contribution is 6.42. The van der Waals surface area contributed by atoms with Crippen LogP contribution in [0.15, 0.2) is 30.6 Å². The molecule has 0 fully saturated rings. The molecule has 0 unspecified atom stereocenters. The highest BCUT2D eigenvalue weighted by atomic mass is 35.5. The molecule has 0 amide bonds. The molecule has 3 rings (SSSR count). The first kappa shape index (κ1) is 13.0. The minimum Gasteiger partial charge on any atom is -0.477 e. The number of hydrogen-bond acceptors (Lipinski definition) is 2. The molecular formula is C13H9Cl2N3O2. The van der Waals surface area contributed by atoms with Gasteiger partial charge in [0.1, 0.15) is 5.69 Å². The van der Waals surface area contributed by atoms with Crippen molar-refractivity contribution in [1.82, 2.24) is 14.0 Å². The van der Waals surface area contributed by atoms with Gasteiger partial charge in [-0.2, -0.15) is 0 Å². The zero-order valence-corrected chi connectivity index (χ0v) is 11.9. The van der Waals surface area contributed by atoms with Gasteiger partial charge >= 0.3 is 5.97 Å². The monoisotopic (exact) mass is 309 g/mol. The number of aryl methyl sites for hydroxylation is 1. The van der Waals surface area contributed by atoms with Crippen molar-refractivity contribution in [2.45, 2.75) is 0 Å². The van der Waals surface area contributed by atoms with Crippen LogP contribution in [0.3, 0.4) is 0 Å². The lowest BCUT2D eigenvalue weighted by molar-refractivity contribution is 0.0687. The molecule has 1 aromatic carbocycles. The van der Waals surface area contributed by atoms with E-state index in [1.165, 1.54) is 10.8 Å². The number of fused-ring (bicyclic) bond motifs is 1. The maximum atomic E-state index is 11.0. The third kappa shape index (κ3) is 1.95. The Morgan fingerprint density at radius 2 is 2.00 bits per heavy atom. The SMILES string of the molecule is Cn1c(C(=O)O)cn2cc(-c3ccc(Cl)c(Cl)c3)nc12. The van der Waals surface area contributed by atoms with E-state index in [1.54, 1.807) is 29.8 Å². The maximum absolute atomic E-state index is 11.0. The summed E-state index contributed by atoms with van der Waals surface area (Å²) < 4.78 is 3.19. The first-order valence-corrected chi connectivity index (χ1v) is 6.46. The van der Waals surface area contributed by atoms with Crippen LogP contribution in [0.25, 0.3) is 17.0 Å². The molecule has 7 heteroatoms. The molecule has 0 saturated carbocycles. The minimum absolute atomic E-state index is 0.174. The predicted molar refractivity (Wildman–Crippen MR) is 76.6 cm³/mol. The van der Waals surface area contributed by atoms with Crippen molar-refractivity contribution in [2.24, 2.45) is 7.05 Å². The maximum Gasteiger partial charge on any atom is 0.354 e. The van der Waals surface area contributed by atoms with Crippen LogP contribution in [-0.2, 0) is 7.05 Å². The second-order valence-corrected chi connectivity index (χ2v) is 5.16. The quantitative estimate of drug-likeness (QED) is 0.789. The number of aromatic carboxylic acids is 1. The molecule has 2 heterocycles. The number of rotatable bonds is 2. The molecule has 2 aromatic heterocycles. The Kier molecular flexibility index (Phi) is 2.96. The number of halogens is 2. The molecule has 0 atom stereocenters. The third-order valence-electron chi connectivity index (χ3n) is 3.07. The average molecular weight is 310 g/mol. The molecule has 0 spiro atoms. The van der Waals surface area contributed by atoms with E-state index in [1.807, 2.05) is 6.07 Å². The summed E-state index contributed by atoms with van der Waals surface area (Å²) in [4.78, 5) is 15.4. The summed E-state index contributed by atoms with van der Waals surface area (Å²) in [6, 6.07) is 5.24. The first-order chi connectivity index (χ1) is 9.47. The minimum atomic E-state index is -0.992. The Labute approximate surface area is 124 Å². The standard InChI is InChI=1S/C13H9Cl2N3O2/c1-17-11(12(19)20)6-18-5-10(16-13(17)18)7-2-3-8(14)9(15)4-7/h2-6H,1H3,(H,19,20). The van der Waals surface area contributed by atoms with Gasteiger partial charge in [0.15, 0.2) is 0 Å². The van der Waals surface area contributed by atoms with Gasteiger partial charge in [-0.1, -0.05) is 29.3 Å². The molecule has 5 nitrogen and oxygen atoms in total. The van der Waals surface area contributed by atoms with Crippen molar-refractivity contribution in [2.75, 3.05) is 0 Å². The number of carboxylic acids is 1. The molecule has 0 aliphatic carbocycles. The predicted octanol–water partition coefficient (Wildman–Crippen LogP) is 3.34. The Hall–Kier alpha value is -1.98. The van der Waals surface area contributed by atoms with E-state index in [0.29, 0.717) is 21.5 Å². The summed E-state index contributed by atoms with van der Waals surface area (Å²) in [6.45, 7) is 0. The Morgan fingerprint density at radius 1 is 1.25 bits per heavy atom. The number of hydrogen-bond donors (Lipinski definition) is 1. The fourth-order valence-corrected chi connectivity index (χ4v) is 2.34. The van der Waals surface area contributed by atoms with Gasteiger partial charge in [-0.3, -0.25) is 4.40 Å². The summed E-state index contributed by atoms with van der Waals surface area (Å²) in [5.74, 6) is -0.447. The van der Waals surface area contributed by atoms with E-state index < -0.39 is 5.97 Å². The van der Waals surface area contributed by atoms with E-state index in [9.17, 15) is 4.79 Å². The smallest absolute Gasteiger partial charge is 0.354 e. The number of nitrogens with zero attached hydrogens (tertiary/aromatic N) is 3. The van der Waals surface area contributed by atoms with Crippen LogP contribution in [0.1, 0.15) is 10.5 Å². The number of carboxylic acid groups (broad SMARTS) is 1. The zero-order valence-electron chi connectivity index (χ0n) is 10.3. The summed E-state index contributed by atoms with van der Waals surface area (Å²) >= 11 is 11.9. The van der Waals surface area contributed by atoms with E-state index in [-0.39, 0.29) is 5.69 Å². The molecule has 0 radical (unpaired) electrons. The Morgan fingerprint density at radius 3 is 2.60 bits per heavy atom. The molecule has 0 aliphatic heterocycles. The second kappa shape index (κ2) is 4.54. The molecule has 0 saturated heterocycles. The second-order valence-electron chi connectivity index (χ2n) is 4.34. The number of benzene rings is 1. The number of imidazole rings is 2. The van der Waals surface area contributed by atoms with Crippen LogP contribution in [0.2, 0.25) is 10.0 Å². The van der Waals surface area contributed by atoms with E-state index in [4.69, 9.17) is 28.3 Å². The summed E-state index contributed by atoms with van der Waals surface area (Å²) in [5, 5.41) is 9.97. The largest absolute Gasteiger partial charge is 0.477 e. The van der Waals surface area contributed by atoms with Gasteiger partial charge in [-0.25, -0.2) is 9.78 Å². The van der Waals surface area contributed by atoms with Crippen molar-refractivity contribution < 1.29 is 9.90 Å². The Bertz CT molecular complexity index is 836. The third-order valence-corrected chi connectivity index (χ3v) is 3.81. The van der Waals surface area contributed by atoms with E-state index >= 15 is 0 Å². The van der Waals surface area contributed by atoms with Gasteiger partial charge < -0.3 is 9.67 Å². The molecular weight excluding hydrogens is 301 g/mol. The van der Waals surface area contributed by atoms with Crippen molar-refractivity contribution >= 4 is 34.9 Å². The molecule has 0 bridgehead atoms. The van der Waals surface area contributed by atoms with E-state index in [2.05, 4.69) is 4.98 Å². The molecule has 102 valence electrons. The van der Waals surface area contributed by atoms with E-state index in [0.717, 1.165) is 5.56 Å². The molecule has 20 heavy (non-hydrogen) atoms. The van der Waals surface area contributed by atoms with Gasteiger partial charge in [0.2, 0.25) is 5.78 Å². The average Bonchev–Trinajstić information content (AvgIpc) is 2.93. The lowest BCUT2D eigenvalue weighted by Crippen LogP contribution is -2.04. The van der Waals surface area contributed by atoms with Crippen LogP contribution >= 0.6 is 23.2 Å². The van der Waals surface area contributed by atoms with Crippen molar-refractivity contribution in [3.8, 4) is 11.3 Å². The topological polar surface area (TPSA) is 59.5 Å². The normalized spacial score (nSPS) is 11.2. The van der Waals surface area contributed by atoms with Gasteiger partial charge in [0, 0.05) is 25.0 Å². The van der Waals surface area contributed by atoms with Crippen LogP contribution in [0.4, 0.5) is 0 Å². The summed E-state index contributed by atoms with van der Waals surface area (Å²) in [6.07, 6.45) is 3.27. The van der Waals surface area contributed by atoms with Gasteiger partial charge in [0.25, 0.3) is 0 Å². The van der Waals surface area contributed by atoms with Gasteiger partial charge in [-0.05, 0) is 12.1 Å². The number of carbonyl (C=O) groups is 1. The fraction of sp³-hybridized carbons (Fsp3) is 0.0769. The van der Waals surface area contributed by atoms with Crippen molar-refractivity contribution in [3.63, 3.8) is 0 Å². The van der Waals surface area contributed by atoms with Gasteiger partial charge in [-0.15, -0.1) is 0 Å². The van der Waals surface area contributed by atoms with Crippen molar-refractivity contribution in [3.05, 3.63) is 46.3 Å². The number of aromatic nitrogens is 3. The Balaban J connectivity index is 2.14. The lowest BCUT2D eigenvalue weighted by atomic mass is 10.2. The first-order valence-electron chi connectivity index (χ1n) is 5.70. The molecule has 0 aliphatic rings. The van der Waals surface area contributed by atoms with Crippen LogP contribution in [-0.4, -0.2) is 25.0 Å². The highest BCUT2D eigenvalue weighted by Gasteiger charge is 2.15. The van der Waals surface area contributed by atoms with Crippen LogP contribution in [0.5, 0.6) is 0 Å². The van der Waals surface area contributed by atoms with Crippen LogP contribution < -0.4 is 0 Å². The van der Waals surface area contributed by atoms with Crippen LogP contribution in [0, 0.1) is 0 Å². The highest BCUT2D eigenvalue weighted by Crippen LogP contribution is 2.28. The summed E-state index contributed by atoms with van der Waals surface area (Å²) in [7, 11) is 1.66. The van der Waals surface area contributed by atoms with Gasteiger partial charge in [0.05, 0.1) is 15.7 Å². The molecule has 3 aromatic rings.